The second-order valence-corrected chi connectivity index (χ2v) is 5.02. The van der Waals surface area contributed by atoms with Gasteiger partial charge in [0.05, 0.1) is 0 Å². The Kier molecular flexibility index (Phi) is 1.59. The summed E-state index contributed by atoms with van der Waals surface area (Å²) in [6, 6.07) is 10.8. The van der Waals surface area contributed by atoms with Gasteiger partial charge in [0.25, 0.3) is 0 Å². The SMILES string of the molecule is C1=CC2C3C=CC1C(c1ccccc1)=CC23. The van der Waals surface area contributed by atoms with Crippen LogP contribution >= 0.6 is 0 Å². The molecule has 0 nitrogen and oxygen atoms in total. The summed E-state index contributed by atoms with van der Waals surface area (Å²) < 4.78 is 0. The standard InChI is InChI=1S/C16H14/c1-2-4-11(5-3-1)15-10-16-13-8-6-12(15)7-9-14(13)16/h1-10,12-14,16H. The van der Waals surface area contributed by atoms with Gasteiger partial charge in [-0.3, -0.25) is 0 Å². The van der Waals surface area contributed by atoms with Gasteiger partial charge in [-0.05, 0) is 28.9 Å². The van der Waals surface area contributed by atoms with Gasteiger partial charge in [-0.1, -0.05) is 60.7 Å². The van der Waals surface area contributed by atoms with Gasteiger partial charge in [-0.25, -0.2) is 0 Å². The van der Waals surface area contributed by atoms with E-state index in [1.165, 1.54) is 11.1 Å². The van der Waals surface area contributed by atoms with Crippen molar-refractivity contribution in [2.24, 2.45) is 23.7 Å². The van der Waals surface area contributed by atoms with Crippen molar-refractivity contribution in [1.82, 2.24) is 0 Å². The molecule has 1 aromatic carbocycles. The van der Waals surface area contributed by atoms with Crippen LogP contribution in [0.3, 0.4) is 0 Å². The molecule has 0 N–H and O–H groups in total. The summed E-state index contributed by atoms with van der Waals surface area (Å²) >= 11 is 0. The molecule has 0 aromatic heterocycles. The molecule has 0 spiro atoms. The van der Waals surface area contributed by atoms with E-state index >= 15 is 0 Å². The largest absolute Gasteiger partial charge is 0.0833 e. The van der Waals surface area contributed by atoms with Crippen molar-refractivity contribution < 1.29 is 0 Å². The zero-order chi connectivity index (χ0) is 10.5. The van der Waals surface area contributed by atoms with Crippen LogP contribution in [0.2, 0.25) is 0 Å². The van der Waals surface area contributed by atoms with Gasteiger partial charge in [-0.15, -0.1) is 0 Å². The summed E-state index contributed by atoms with van der Waals surface area (Å²) in [6.45, 7) is 0. The molecule has 0 heteroatoms. The lowest BCUT2D eigenvalue weighted by atomic mass is 9.92. The third-order valence-electron chi connectivity index (χ3n) is 4.11. The first-order valence-electron chi connectivity index (χ1n) is 6.07. The summed E-state index contributed by atoms with van der Waals surface area (Å²) in [7, 11) is 0. The van der Waals surface area contributed by atoms with Crippen molar-refractivity contribution in [3.8, 4) is 0 Å². The molecule has 0 radical (unpaired) electrons. The van der Waals surface area contributed by atoms with Crippen LogP contribution in [-0.4, -0.2) is 0 Å². The van der Waals surface area contributed by atoms with Crippen LogP contribution in [0.4, 0.5) is 0 Å². The Balaban J connectivity index is 1.85. The lowest BCUT2D eigenvalue weighted by molar-refractivity contribution is 1.00. The Morgan fingerprint density at radius 1 is 0.688 bits per heavy atom. The molecule has 2 unspecified atom stereocenters. The summed E-state index contributed by atoms with van der Waals surface area (Å²) in [5.41, 5.74) is 2.88. The topological polar surface area (TPSA) is 0 Å². The molecule has 1 fully saturated rings. The first kappa shape index (κ1) is 8.58. The normalized spacial score (nSPS) is 37.9. The minimum absolute atomic E-state index is 0.502. The number of benzene rings is 1. The van der Waals surface area contributed by atoms with Crippen LogP contribution < -0.4 is 0 Å². The van der Waals surface area contributed by atoms with Crippen molar-refractivity contribution in [1.29, 1.82) is 0 Å². The predicted octanol–water partition coefficient (Wildman–Crippen LogP) is 3.69. The smallest absolute Gasteiger partial charge is 0.0201 e. The van der Waals surface area contributed by atoms with E-state index in [0.717, 1.165) is 17.8 Å². The first-order valence-corrected chi connectivity index (χ1v) is 6.07. The molecular formula is C16H14. The maximum Gasteiger partial charge on any atom is 0.0201 e. The number of hydrogen-bond acceptors (Lipinski definition) is 0. The predicted molar refractivity (Wildman–Crippen MR) is 66.7 cm³/mol. The fourth-order valence-corrected chi connectivity index (χ4v) is 3.13. The van der Waals surface area contributed by atoms with Gasteiger partial charge in [0.2, 0.25) is 0 Å². The number of rotatable bonds is 1. The maximum atomic E-state index is 2.51. The molecule has 2 atom stereocenters. The molecule has 4 aliphatic rings. The fraction of sp³-hybridized carbons (Fsp3) is 0.250. The Labute approximate surface area is 96.0 Å². The van der Waals surface area contributed by atoms with Crippen LogP contribution in [0, 0.1) is 23.7 Å². The number of hydrogen-bond donors (Lipinski definition) is 0. The third-order valence-corrected chi connectivity index (χ3v) is 4.11. The van der Waals surface area contributed by atoms with Crippen molar-refractivity contribution in [2.75, 3.05) is 0 Å². The molecular weight excluding hydrogens is 192 g/mol. The molecule has 78 valence electrons. The highest BCUT2D eigenvalue weighted by Gasteiger charge is 2.47. The van der Waals surface area contributed by atoms with Gasteiger partial charge in [0, 0.05) is 5.92 Å². The van der Waals surface area contributed by atoms with Gasteiger partial charge in [-0.2, -0.15) is 0 Å². The van der Waals surface area contributed by atoms with Gasteiger partial charge in [0.1, 0.15) is 0 Å². The van der Waals surface area contributed by atoms with Crippen molar-refractivity contribution in [3.05, 3.63) is 66.3 Å². The van der Waals surface area contributed by atoms with Crippen LogP contribution in [0.1, 0.15) is 5.56 Å². The van der Waals surface area contributed by atoms with Crippen LogP contribution in [0.5, 0.6) is 0 Å². The van der Waals surface area contributed by atoms with E-state index in [0.29, 0.717) is 5.92 Å². The highest BCUT2D eigenvalue weighted by atomic mass is 14.5. The zero-order valence-corrected chi connectivity index (χ0v) is 9.08. The highest BCUT2D eigenvalue weighted by Crippen LogP contribution is 2.55. The monoisotopic (exact) mass is 206 g/mol. The first-order chi connectivity index (χ1) is 7.93. The van der Waals surface area contributed by atoms with E-state index in [4.69, 9.17) is 0 Å². The lowest BCUT2D eigenvalue weighted by Gasteiger charge is -2.12. The van der Waals surface area contributed by atoms with Crippen LogP contribution in [0.25, 0.3) is 5.57 Å². The average molecular weight is 206 g/mol. The maximum absolute atomic E-state index is 2.51. The Morgan fingerprint density at radius 3 is 2.06 bits per heavy atom. The van der Waals surface area contributed by atoms with E-state index in [2.05, 4.69) is 60.7 Å². The van der Waals surface area contributed by atoms with Crippen LogP contribution in [-0.2, 0) is 0 Å². The molecule has 1 saturated carbocycles. The fourth-order valence-electron chi connectivity index (χ4n) is 3.13. The quantitative estimate of drug-likeness (QED) is 0.615. The van der Waals surface area contributed by atoms with Gasteiger partial charge >= 0.3 is 0 Å². The molecule has 4 aliphatic carbocycles. The molecule has 4 bridgehead atoms. The van der Waals surface area contributed by atoms with Gasteiger partial charge in [0.15, 0.2) is 0 Å². The summed E-state index contributed by atoms with van der Waals surface area (Å²) in [5, 5.41) is 0. The summed E-state index contributed by atoms with van der Waals surface area (Å²) in [4.78, 5) is 0. The zero-order valence-electron chi connectivity index (χ0n) is 9.08. The van der Waals surface area contributed by atoms with Crippen molar-refractivity contribution in [2.45, 2.75) is 0 Å². The molecule has 1 aromatic rings. The molecule has 0 aliphatic heterocycles. The molecule has 16 heavy (non-hydrogen) atoms. The van der Waals surface area contributed by atoms with E-state index in [9.17, 15) is 0 Å². The Morgan fingerprint density at radius 2 is 1.38 bits per heavy atom. The second kappa shape index (κ2) is 2.98. The van der Waals surface area contributed by atoms with Crippen LogP contribution in [0.15, 0.2) is 60.7 Å². The molecule has 0 saturated heterocycles. The molecule has 0 heterocycles. The second-order valence-electron chi connectivity index (χ2n) is 5.02. The summed E-state index contributed by atoms with van der Waals surface area (Å²) in [5.74, 6) is 2.86. The minimum Gasteiger partial charge on any atom is -0.0833 e. The molecule has 5 rings (SSSR count). The Hall–Kier alpha value is -1.56. The summed E-state index contributed by atoms with van der Waals surface area (Å²) in [6.07, 6.45) is 12.1. The van der Waals surface area contributed by atoms with Gasteiger partial charge < -0.3 is 0 Å². The highest BCUT2D eigenvalue weighted by molar-refractivity contribution is 5.73. The average Bonchev–Trinajstić information content (AvgIpc) is 3.07. The van der Waals surface area contributed by atoms with E-state index in [1.807, 2.05) is 0 Å². The lowest BCUT2D eigenvalue weighted by Crippen LogP contribution is -1.95. The van der Waals surface area contributed by atoms with E-state index in [-0.39, 0.29) is 0 Å². The number of allylic oxidation sites excluding steroid dienone is 6. The molecule has 0 amide bonds. The van der Waals surface area contributed by atoms with E-state index < -0.39 is 0 Å². The van der Waals surface area contributed by atoms with Crippen molar-refractivity contribution >= 4 is 5.57 Å². The Bertz CT molecular complexity index is 484. The van der Waals surface area contributed by atoms with Crippen molar-refractivity contribution in [3.63, 3.8) is 0 Å². The third kappa shape index (κ3) is 1.10. The van der Waals surface area contributed by atoms with E-state index in [1.54, 1.807) is 0 Å². The minimum atomic E-state index is 0.502.